The van der Waals surface area contributed by atoms with E-state index in [2.05, 4.69) is 26.9 Å². The molecule has 0 saturated carbocycles. The van der Waals surface area contributed by atoms with Crippen LogP contribution in [0, 0.1) is 0 Å². The van der Waals surface area contributed by atoms with Crippen LogP contribution in [-0.2, 0) is 27.4 Å². The summed E-state index contributed by atoms with van der Waals surface area (Å²) >= 11 is 0. The number of likely N-dealkylation sites (tertiary alicyclic amines) is 1. The molecule has 2 saturated heterocycles. The quantitative estimate of drug-likeness (QED) is 0.544. The Balaban J connectivity index is 0.000000301. The second-order valence-electron chi connectivity index (χ2n) is 8.35. The third kappa shape index (κ3) is 10.7. The third-order valence-electron chi connectivity index (χ3n) is 5.63. The lowest BCUT2D eigenvalue weighted by atomic mass is 10.0. The van der Waals surface area contributed by atoms with Crippen LogP contribution in [0.25, 0.3) is 0 Å². The molecule has 212 valence electrons. The molecule has 2 aliphatic heterocycles. The van der Waals surface area contributed by atoms with Crippen molar-refractivity contribution in [3.05, 3.63) is 54.2 Å². The van der Waals surface area contributed by atoms with Gasteiger partial charge in [-0.05, 0) is 36.6 Å². The molecule has 4 heterocycles. The molecule has 0 bridgehead atoms. The van der Waals surface area contributed by atoms with Crippen LogP contribution in [0.5, 0.6) is 0 Å². The first-order valence-electron chi connectivity index (χ1n) is 11.4. The fourth-order valence-corrected chi connectivity index (χ4v) is 3.92. The summed E-state index contributed by atoms with van der Waals surface area (Å²) in [4.78, 5) is 27.1. The molecule has 2 N–H and O–H groups in total. The van der Waals surface area contributed by atoms with E-state index in [0.717, 1.165) is 57.9 Å². The van der Waals surface area contributed by atoms with E-state index in [-0.39, 0.29) is 0 Å². The van der Waals surface area contributed by atoms with Gasteiger partial charge in [0.1, 0.15) is 5.76 Å². The number of halogens is 6. The minimum atomic E-state index is -5.08. The predicted molar refractivity (Wildman–Crippen MR) is 119 cm³/mol. The number of carboxylic acid groups (broad SMARTS) is 2. The Morgan fingerprint density at radius 3 is 2.11 bits per heavy atom. The molecule has 38 heavy (non-hydrogen) atoms. The number of pyridine rings is 1. The number of carboxylic acids is 2. The van der Waals surface area contributed by atoms with E-state index in [1.54, 1.807) is 6.26 Å². The van der Waals surface area contributed by atoms with E-state index in [4.69, 9.17) is 29.0 Å². The molecular formula is C23H27F6N3O6. The number of alkyl halides is 6. The van der Waals surface area contributed by atoms with Crippen molar-refractivity contribution in [3.8, 4) is 0 Å². The fraction of sp³-hybridized carbons (Fsp3) is 0.522. The van der Waals surface area contributed by atoms with Crippen LogP contribution < -0.4 is 0 Å². The normalized spacial score (nSPS) is 20.6. The standard InChI is InChI=1S/C19H25N3O2.2C2HF3O2/c1-3-16(13-20-7-1)14-22-10-12-24-19-6-9-21(8-5-18(19)22)15-17-4-2-11-23-17;2*3-2(4,5)1(6)7/h1-4,7,11,13,18-19H,5-6,8-10,12,14-15H2;2*(H,6,7). The Hall–Kier alpha value is -3.17. The zero-order valence-corrected chi connectivity index (χ0v) is 20.0. The van der Waals surface area contributed by atoms with Gasteiger partial charge in [0.05, 0.1) is 25.5 Å². The van der Waals surface area contributed by atoms with Gasteiger partial charge in [0, 0.05) is 44.6 Å². The largest absolute Gasteiger partial charge is 0.490 e. The minimum absolute atomic E-state index is 0.344. The third-order valence-corrected chi connectivity index (χ3v) is 5.63. The molecule has 2 unspecified atom stereocenters. The Morgan fingerprint density at radius 1 is 0.947 bits per heavy atom. The molecule has 2 aromatic rings. The second-order valence-corrected chi connectivity index (χ2v) is 8.35. The lowest BCUT2D eigenvalue weighted by Crippen LogP contribution is -2.50. The number of hydrogen-bond donors (Lipinski definition) is 2. The van der Waals surface area contributed by atoms with Crippen LogP contribution in [0.15, 0.2) is 47.3 Å². The van der Waals surface area contributed by atoms with Crippen molar-refractivity contribution in [2.75, 3.05) is 26.2 Å². The summed E-state index contributed by atoms with van der Waals surface area (Å²) in [5.41, 5.74) is 1.29. The van der Waals surface area contributed by atoms with Crippen molar-refractivity contribution in [1.29, 1.82) is 0 Å². The highest BCUT2D eigenvalue weighted by atomic mass is 19.4. The van der Waals surface area contributed by atoms with Gasteiger partial charge in [0.25, 0.3) is 0 Å². The van der Waals surface area contributed by atoms with Crippen LogP contribution in [0.3, 0.4) is 0 Å². The highest BCUT2D eigenvalue weighted by Crippen LogP contribution is 2.26. The van der Waals surface area contributed by atoms with Crippen molar-refractivity contribution in [1.82, 2.24) is 14.8 Å². The SMILES string of the molecule is O=C(O)C(F)(F)F.O=C(O)C(F)(F)F.c1cncc(CN2CCOC3CCN(Cc4ccco4)CCC32)c1. The van der Waals surface area contributed by atoms with E-state index in [1.165, 1.54) is 5.56 Å². The van der Waals surface area contributed by atoms with E-state index in [9.17, 15) is 26.3 Å². The maximum atomic E-state index is 10.6. The number of aliphatic carboxylic acids is 2. The molecule has 2 atom stereocenters. The second kappa shape index (κ2) is 14.1. The highest BCUT2D eigenvalue weighted by Gasteiger charge is 2.39. The molecular weight excluding hydrogens is 528 g/mol. The van der Waals surface area contributed by atoms with E-state index in [0.29, 0.717) is 12.1 Å². The summed E-state index contributed by atoms with van der Waals surface area (Å²) < 4.78 is 75.1. The van der Waals surface area contributed by atoms with Crippen LogP contribution in [0.4, 0.5) is 26.3 Å². The molecule has 0 spiro atoms. The number of nitrogens with zero attached hydrogens (tertiary/aromatic N) is 3. The van der Waals surface area contributed by atoms with Crippen molar-refractivity contribution in [2.24, 2.45) is 0 Å². The number of rotatable bonds is 4. The number of aromatic nitrogens is 1. The van der Waals surface area contributed by atoms with Crippen LogP contribution in [-0.4, -0.2) is 87.7 Å². The Morgan fingerprint density at radius 2 is 1.58 bits per heavy atom. The average Bonchev–Trinajstić information content (AvgIpc) is 3.26. The van der Waals surface area contributed by atoms with E-state index in [1.807, 2.05) is 24.5 Å². The molecule has 0 aromatic carbocycles. The highest BCUT2D eigenvalue weighted by molar-refractivity contribution is 5.73. The number of ether oxygens (including phenoxy) is 1. The number of hydrogen-bond acceptors (Lipinski definition) is 7. The summed E-state index contributed by atoms with van der Waals surface area (Å²) in [5, 5.41) is 14.2. The summed E-state index contributed by atoms with van der Waals surface area (Å²) in [6, 6.07) is 8.71. The maximum Gasteiger partial charge on any atom is 0.490 e. The predicted octanol–water partition coefficient (Wildman–Crippen LogP) is 3.81. The molecule has 2 aromatic heterocycles. The van der Waals surface area contributed by atoms with Crippen LogP contribution >= 0.6 is 0 Å². The summed E-state index contributed by atoms with van der Waals surface area (Å²) in [6.07, 6.45) is -2.02. The summed E-state index contributed by atoms with van der Waals surface area (Å²) in [5.74, 6) is -4.46. The molecule has 0 amide bonds. The van der Waals surface area contributed by atoms with Gasteiger partial charge < -0.3 is 19.4 Å². The van der Waals surface area contributed by atoms with Crippen molar-refractivity contribution in [2.45, 2.75) is 50.4 Å². The number of furan rings is 1. The first-order chi connectivity index (χ1) is 17.8. The molecule has 2 fully saturated rings. The van der Waals surface area contributed by atoms with Gasteiger partial charge >= 0.3 is 24.3 Å². The van der Waals surface area contributed by atoms with Crippen molar-refractivity contribution < 1.29 is 55.3 Å². The van der Waals surface area contributed by atoms with Crippen molar-refractivity contribution in [3.63, 3.8) is 0 Å². The molecule has 15 heteroatoms. The Kier molecular flexibility index (Phi) is 11.5. The molecule has 9 nitrogen and oxygen atoms in total. The van der Waals surface area contributed by atoms with Gasteiger partial charge in [-0.2, -0.15) is 26.3 Å². The van der Waals surface area contributed by atoms with Gasteiger partial charge in [-0.15, -0.1) is 0 Å². The summed E-state index contributed by atoms with van der Waals surface area (Å²) in [6.45, 7) is 5.87. The van der Waals surface area contributed by atoms with Crippen LogP contribution in [0.2, 0.25) is 0 Å². The molecule has 0 aliphatic carbocycles. The van der Waals surface area contributed by atoms with E-state index < -0.39 is 24.3 Å². The maximum absolute atomic E-state index is 10.6. The van der Waals surface area contributed by atoms with Crippen molar-refractivity contribution >= 4 is 11.9 Å². The smallest absolute Gasteiger partial charge is 0.475 e. The van der Waals surface area contributed by atoms with Crippen LogP contribution in [0.1, 0.15) is 24.2 Å². The minimum Gasteiger partial charge on any atom is -0.475 e. The first kappa shape index (κ1) is 31.1. The van der Waals surface area contributed by atoms with Gasteiger partial charge in [0.15, 0.2) is 0 Å². The molecule has 0 radical (unpaired) electrons. The Bertz CT molecular complexity index is 964. The molecule has 4 rings (SSSR count). The Labute approximate surface area is 213 Å². The number of morpholine rings is 1. The fourth-order valence-electron chi connectivity index (χ4n) is 3.92. The zero-order chi connectivity index (χ0) is 28.3. The average molecular weight is 555 g/mol. The van der Waals surface area contributed by atoms with Gasteiger partial charge in [-0.1, -0.05) is 6.07 Å². The monoisotopic (exact) mass is 555 g/mol. The van der Waals surface area contributed by atoms with E-state index >= 15 is 0 Å². The molecule has 2 aliphatic rings. The lowest BCUT2D eigenvalue weighted by molar-refractivity contribution is -0.193. The zero-order valence-electron chi connectivity index (χ0n) is 20.0. The van der Waals surface area contributed by atoms with Gasteiger partial charge in [0.2, 0.25) is 0 Å². The van der Waals surface area contributed by atoms with Gasteiger partial charge in [-0.25, -0.2) is 9.59 Å². The number of carbonyl (C=O) groups is 2. The topological polar surface area (TPSA) is 116 Å². The number of fused-ring (bicyclic) bond motifs is 1. The summed E-state index contributed by atoms with van der Waals surface area (Å²) in [7, 11) is 0. The first-order valence-corrected chi connectivity index (χ1v) is 11.4. The lowest BCUT2D eigenvalue weighted by Gasteiger charge is -2.40. The van der Waals surface area contributed by atoms with Gasteiger partial charge in [-0.3, -0.25) is 14.8 Å².